The van der Waals surface area contributed by atoms with Gasteiger partial charge in [-0.1, -0.05) is 6.92 Å². The molecular weight excluding hydrogens is 346 g/mol. The minimum Gasteiger partial charge on any atom is -0.493 e. The van der Waals surface area contributed by atoms with E-state index in [0.717, 1.165) is 40.7 Å². The molecule has 0 N–H and O–H groups in total. The van der Waals surface area contributed by atoms with Gasteiger partial charge in [0.05, 0.1) is 38.1 Å². The molecule has 5 nitrogen and oxygen atoms in total. The number of fused-ring (bicyclic) bond motifs is 3. The number of benzene rings is 1. The Bertz CT molecular complexity index is 1010. The molecule has 0 fully saturated rings. The molecule has 0 bridgehead atoms. The summed E-state index contributed by atoms with van der Waals surface area (Å²) >= 11 is 1.76. The molecular formula is C20H21N3O2S. The second kappa shape index (κ2) is 6.65. The third-order valence-electron chi connectivity index (χ3n) is 5.06. The van der Waals surface area contributed by atoms with E-state index >= 15 is 0 Å². The number of ether oxygens (including phenoxy) is 2. The average molecular weight is 367 g/mol. The average Bonchev–Trinajstić information content (AvgIpc) is 3.17. The first-order valence-electron chi connectivity index (χ1n) is 8.77. The fourth-order valence-electron chi connectivity index (χ4n) is 3.74. The number of hydrogen-bond acceptors (Lipinski definition) is 5. The second-order valence-corrected chi connectivity index (χ2v) is 7.81. The largest absolute Gasteiger partial charge is 0.493 e. The van der Waals surface area contributed by atoms with Gasteiger partial charge < -0.3 is 9.47 Å². The topological polar surface area (TPSA) is 59.5 Å². The summed E-state index contributed by atoms with van der Waals surface area (Å²) < 4.78 is 13.0. The molecule has 2 aromatic heterocycles. The Morgan fingerprint density at radius 2 is 2.12 bits per heavy atom. The van der Waals surface area contributed by atoms with Crippen molar-refractivity contribution in [2.75, 3.05) is 14.2 Å². The van der Waals surface area contributed by atoms with Crippen molar-refractivity contribution in [3.05, 3.63) is 34.5 Å². The monoisotopic (exact) mass is 367 g/mol. The molecule has 2 heterocycles. The summed E-state index contributed by atoms with van der Waals surface area (Å²) in [7, 11) is 3.25. The van der Waals surface area contributed by atoms with Crippen LogP contribution in [0.3, 0.4) is 0 Å². The lowest BCUT2D eigenvalue weighted by Gasteiger charge is -2.18. The number of nitrogens with zero attached hydrogens (tertiary/aromatic N) is 3. The Morgan fingerprint density at radius 3 is 2.85 bits per heavy atom. The summed E-state index contributed by atoms with van der Waals surface area (Å²) in [5.74, 6) is 2.07. The standard InChI is InChI=1S/C20H21N3O2S/c1-12-4-6-14-18(10-12)26-20-22-19(15(8-9-21)23(14)20)13-5-7-16(24-2)17(11-13)25-3/h5,7,11-12H,4,6,8,10H2,1-3H3. The predicted octanol–water partition coefficient (Wildman–Crippen LogP) is 4.27. The van der Waals surface area contributed by atoms with Crippen molar-refractivity contribution in [2.24, 2.45) is 5.92 Å². The fraction of sp³-hybridized carbons (Fsp3) is 0.400. The van der Waals surface area contributed by atoms with Crippen molar-refractivity contribution in [2.45, 2.75) is 32.6 Å². The quantitative estimate of drug-likeness (QED) is 0.691. The molecule has 1 unspecified atom stereocenters. The van der Waals surface area contributed by atoms with Crippen LogP contribution in [0.4, 0.5) is 0 Å². The fourth-order valence-corrected chi connectivity index (χ4v) is 5.08. The summed E-state index contributed by atoms with van der Waals surface area (Å²) in [5, 5.41) is 9.40. The van der Waals surface area contributed by atoms with Gasteiger partial charge in [0.25, 0.3) is 0 Å². The van der Waals surface area contributed by atoms with Gasteiger partial charge in [-0.05, 0) is 43.4 Å². The van der Waals surface area contributed by atoms with Gasteiger partial charge in [0.1, 0.15) is 0 Å². The van der Waals surface area contributed by atoms with E-state index < -0.39 is 0 Å². The number of nitriles is 1. The van der Waals surface area contributed by atoms with Crippen LogP contribution in [-0.2, 0) is 19.3 Å². The molecule has 1 atom stereocenters. The Morgan fingerprint density at radius 1 is 1.31 bits per heavy atom. The number of methoxy groups -OCH3 is 2. The van der Waals surface area contributed by atoms with Crippen molar-refractivity contribution < 1.29 is 9.47 Å². The lowest BCUT2D eigenvalue weighted by molar-refractivity contribution is 0.355. The van der Waals surface area contributed by atoms with E-state index in [1.54, 1.807) is 25.6 Å². The first-order chi connectivity index (χ1) is 12.7. The summed E-state index contributed by atoms with van der Waals surface area (Å²) in [6.07, 6.45) is 3.69. The zero-order valence-corrected chi connectivity index (χ0v) is 16.0. The highest BCUT2D eigenvalue weighted by Crippen LogP contribution is 2.38. The van der Waals surface area contributed by atoms with E-state index in [9.17, 15) is 5.26 Å². The van der Waals surface area contributed by atoms with Crippen LogP contribution in [0.1, 0.15) is 29.6 Å². The van der Waals surface area contributed by atoms with Crippen LogP contribution in [0.5, 0.6) is 11.5 Å². The summed E-state index contributed by atoms with van der Waals surface area (Å²) in [4.78, 5) is 7.30. The van der Waals surface area contributed by atoms with Gasteiger partial charge in [0.15, 0.2) is 16.5 Å². The van der Waals surface area contributed by atoms with E-state index in [1.807, 2.05) is 18.2 Å². The SMILES string of the molecule is COc1ccc(-c2nc3sc4c(n3c2CC#N)CCC(C)C4)cc1OC. The van der Waals surface area contributed by atoms with Gasteiger partial charge in [-0.3, -0.25) is 4.40 Å². The molecule has 0 aliphatic heterocycles. The van der Waals surface area contributed by atoms with Crippen LogP contribution in [0.2, 0.25) is 0 Å². The van der Waals surface area contributed by atoms with Crippen LogP contribution in [-0.4, -0.2) is 23.6 Å². The maximum atomic E-state index is 9.40. The molecule has 26 heavy (non-hydrogen) atoms. The van der Waals surface area contributed by atoms with Crippen molar-refractivity contribution in [3.8, 4) is 28.8 Å². The summed E-state index contributed by atoms with van der Waals surface area (Å²) in [5.41, 5.74) is 4.12. The zero-order valence-electron chi connectivity index (χ0n) is 15.2. The van der Waals surface area contributed by atoms with Gasteiger partial charge in [0.2, 0.25) is 0 Å². The maximum absolute atomic E-state index is 9.40. The lowest BCUT2D eigenvalue weighted by atomic mass is 9.93. The van der Waals surface area contributed by atoms with E-state index in [0.29, 0.717) is 17.9 Å². The normalized spacial score (nSPS) is 16.3. The van der Waals surface area contributed by atoms with E-state index in [1.165, 1.54) is 17.0 Å². The Labute approximate surface area is 156 Å². The second-order valence-electron chi connectivity index (χ2n) is 6.75. The molecule has 4 rings (SSSR count). The molecule has 134 valence electrons. The first kappa shape index (κ1) is 16.9. The molecule has 0 spiro atoms. The molecule has 0 amide bonds. The van der Waals surface area contributed by atoms with Gasteiger partial charge in [-0.15, -0.1) is 11.3 Å². The van der Waals surface area contributed by atoms with Crippen LogP contribution >= 0.6 is 11.3 Å². The molecule has 1 aromatic carbocycles. The highest BCUT2D eigenvalue weighted by Gasteiger charge is 2.25. The third kappa shape index (κ3) is 2.63. The molecule has 1 aliphatic rings. The predicted molar refractivity (Wildman–Crippen MR) is 102 cm³/mol. The number of aryl methyl sites for hydroxylation is 1. The minimum atomic E-state index is 0.337. The van der Waals surface area contributed by atoms with E-state index in [-0.39, 0.29) is 0 Å². The molecule has 0 saturated heterocycles. The van der Waals surface area contributed by atoms with E-state index in [4.69, 9.17) is 14.5 Å². The number of hydrogen-bond donors (Lipinski definition) is 0. The maximum Gasteiger partial charge on any atom is 0.194 e. The van der Waals surface area contributed by atoms with Crippen molar-refractivity contribution >= 4 is 16.3 Å². The van der Waals surface area contributed by atoms with Crippen molar-refractivity contribution in [1.82, 2.24) is 9.38 Å². The first-order valence-corrected chi connectivity index (χ1v) is 9.59. The molecule has 0 saturated carbocycles. The molecule has 3 aromatic rings. The lowest BCUT2D eigenvalue weighted by Crippen LogP contribution is -2.11. The summed E-state index contributed by atoms with van der Waals surface area (Å²) in [6.45, 7) is 2.30. The highest BCUT2D eigenvalue weighted by molar-refractivity contribution is 7.17. The molecule has 0 radical (unpaired) electrons. The van der Waals surface area contributed by atoms with Gasteiger partial charge in [-0.2, -0.15) is 5.26 Å². The molecule has 6 heteroatoms. The Kier molecular flexibility index (Phi) is 4.33. The van der Waals surface area contributed by atoms with Gasteiger partial charge >= 0.3 is 0 Å². The highest BCUT2D eigenvalue weighted by atomic mass is 32.1. The zero-order chi connectivity index (χ0) is 18.3. The van der Waals surface area contributed by atoms with E-state index in [2.05, 4.69) is 17.4 Å². The van der Waals surface area contributed by atoms with Crippen LogP contribution in [0.15, 0.2) is 18.2 Å². The Hall–Kier alpha value is -2.52. The van der Waals surface area contributed by atoms with Crippen LogP contribution in [0, 0.1) is 17.2 Å². The summed E-state index contributed by atoms with van der Waals surface area (Å²) in [6, 6.07) is 8.11. The number of rotatable bonds is 4. The van der Waals surface area contributed by atoms with Crippen molar-refractivity contribution in [1.29, 1.82) is 5.26 Å². The molecule has 1 aliphatic carbocycles. The van der Waals surface area contributed by atoms with Crippen molar-refractivity contribution in [3.63, 3.8) is 0 Å². The smallest absolute Gasteiger partial charge is 0.194 e. The Balaban J connectivity index is 1.90. The minimum absolute atomic E-state index is 0.337. The number of thiazole rings is 1. The third-order valence-corrected chi connectivity index (χ3v) is 6.16. The number of imidazole rings is 1. The number of aromatic nitrogens is 2. The van der Waals surface area contributed by atoms with Gasteiger partial charge in [0, 0.05) is 16.1 Å². The van der Waals surface area contributed by atoms with Crippen LogP contribution < -0.4 is 9.47 Å². The van der Waals surface area contributed by atoms with Gasteiger partial charge in [-0.25, -0.2) is 4.98 Å². The van der Waals surface area contributed by atoms with Crippen LogP contribution in [0.25, 0.3) is 16.2 Å².